The van der Waals surface area contributed by atoms with E-state index in [0.717, 1.165) is 25.7 Å². The van der Waals surface area contributed by atoms with Crippen molar-refractivity contribution in [1.82, 2.24) is 14.8 Å². The summed E-state index contributed by atoms with van der Waals surface area (Å²) in [4.78, 5) is 16.9. The lowest BCUT2D eigenvalue weighted by molar-refractivity contribution is 0.102. The lowest BCUT2D eigenvalue weighted by Crippen LogP contribution is -2.21. The quantitative estimate of drug-likeness (QED) is 0.412. The zero-order valence-corrected chi connectivity index (χ0v) is 20.0. The van der Waals surface area contributed by atoms with Gasteiger partial charge in [0.25, 0.3) is 12.3 Å². The van der Waals surface area contributed by atoms with Gasteiger partial charge in [0.05, 0.1) is 22.9 Å². The molecule has 1 fully saturated rings. The molecule has 34 heavy (non-hydrogen) atoms. The number of pyridine rings is 1. The summed E-state index contributed by atoms with van der Waals surface area (Å²) in [5.74, 6) is 0.693. The highest BCUT2D eigenvalue weighted by Crippen LogP contribution is 2.37. The van der Waals surface area contributed by atoms with E-state index >= 15 is 0 Å². The molecule has 1 saturated carbocycles. The Morgan fingerprint density at radius 3 is 2.47 bits per heavy atom. The van der Waals surface area contributed by atoms with Gasteiger partial charge < -0.3 is 5.32 Å². The van der Waals surface area contributed by atoms with Gasteiger partial charge in [0, 0.05) is 17.1 Å². The molecule has 4 rings (SSSR count). The van der Waals surface area contributed by atoms with Crippen LogP contribution >= 0.6 is 0 Å². The third-order valence-electron chi connectivity index (χ3n) is 6.83. The Bertz CT molecular complexity index is 1170. The number of aromatic nitrogens is 3. The molecule has 2 aromatic heterocycles. The van der Waals surface area contributed by atoms with E-state index < -0.39 is 18.0 Å². The molecule has 0 aliphatic heterocycles. The Balaban J connectivity index is 1.60. The molecule has 0 atom stereocenters. The van der Waals surface area contributed by atoms with Crippen molar-refractivity contribution in [2.75, 3.05) is 5.32 Å². The van der Waals surface area contributed by atoms with Crippen LogP contribution in [0.5, 0.6) is 0 Å². The van der Waals surface area contributed by atoms with Crippen LogP contribution in [0.2, 0.25) is 0 Å². The Morgan fingerprint density at radius 1 is 1.15 bits per heavy atom. The molecule has 0 saturated heterocycles. The highest BCUT2D eigenvalue weighted by atomic mass is 19.3. The van der Waals surface area contributed by atoms with Crippen LogP contribution in [0.1, 0.15) is 87.6 Å². The van der Waals surface area contributed by atoms with Crippen LogP contribution in [0, 0.1) is 11.8 Å². The molecule has 182 valence electrons. The SMILES string of the molecule is CC(C)C1CCC(n2cc3cc(NC(=O)c4cccc(C(C)(C)F)n4)c(C(F)F)cc3n2)CC1. The molecule has 2 heterocycles. The van der Waals surface area contributed by atoms with Crippen LogP contribution in [0.4, 0.5) is 18.9 Å². The molecule has 1 aliphatic rings. The van der Waals surface area contributed by atoms with Gasteiger partial charge in [0.15, 0.2) is 0 Å². The largest absolute Gasteiger partial charge is 0.320 e. The lowest BCUT2D eigenvalue weighted by atomic mass is 9.80. The van der Waals surface area contributed by atoms with Crippen LogP contribution in [-0.2, 0) is 5.67 Å². The van der Waals surface area contributed by atoms with Gasteiger partial charge in [0.2, 0.25) is 0 Å². The van der Waals surface area contributed by atoms with E-state index in [-0.39, 0.29) is 28.7 Å². The van der Waals surface area contributed by atoms with E-state index in [1.807, 2.05) is 10.9 Å². The van der Waals surface area contributed by atoms with Gasteiger partial charge in [-0.15, -0.1) is 0 Å². The van der Waals surface area contributed by atoms with Crippen molar-refractivity contribution in [3.63, 3.8) is 0 Å². The maximum absolute atomic E-state index is 14.2. The van der Waals surface area contributed by atoms with Gasteiger partial charge >= 0.3 is 0 Å². The minimum Gasteiger partial charge on any atom is -0.320 e. The van der Waals surface area contributed by atoms with E-state index in [4.69, 9.17) is 0 Å². The first-order valence-electron chi connectivity index (χ1n) is 11.8. The first-order chi connectivity index (χ1) is 16.0. The average molecular weight is 473 g/mol. The molecule has 0 unspecified atom stereocenters. The Morgan fingerprint density at radius 2 is 1.85 bits per heavy atom. The second kappa shape index (κ2) is 9.39. The summed E-state index contributed by atoms with van der Waals surface area (Å²) in [7, 11) is 0. The predicted molar refractivity (Wildman–Crippen MR) is 127 cm³/mol. The van der Waals surface area contributed by atoms with Gasteiger partial charge in [-0.1, -0.05) is 19.9 Å². The molecule has 1 aromatic carbocycles. The van der Waals surface area contributed by atoms with E-state index in [0.29, 0.717) is 22.7 Å². The number of carbonyl (C=O) groups is 1. The smallest absolute Gasteiger partial charge is 0.274 e. The zero-order chi connectivity index (χ0) is 24.6. The summed E-state index contributed by atoms with van der Waals surface area (Å²) in [5, 5.41) is 7.81. The first kappa shape index (κ1) is 24.2. The number of rotatable bonds is 6. The maximum atomic E-state index is 14.2. The number of nitrogens with zero attached hydrogens (tertiary/aromatic N) is 3. The summed E-state index contributed by atoms with van der Waals surface area (Å²) in [6, 6.07) is 7.54. The fourth-order valence-corrected chi connectivity index (χ4v) is 4.69. The van der Waals surface area contributed by atoms with Gasteiger partial charge in [0.1, 0.15) is 11.4 Å². The van der Waals surface area contributed by atoms with Crippen molar-refractivity contribution in [3.05, 3.63) is 53.5 Å². The molecule has 5 nitrogen and oxygen atoms in total. The number of nitrogens with one attached hydrogen (secondary N) is 1. The van der Waals surface area contributed by atoms with Crippen LogP contribution in [0.3, 0.4) is 0 Å². The molecule has 0 bridgehead atoms. The minimum atomic E-state index is -2.80. The standard InChI is InChI=1S/C26H31F3N4O/c1-15(2)16-8-10-18(11-9-16)33-14-17-12-22(19(24(27)28)13-21(17)32-33)31-25(34)20-6-5-7-23(30-20)26(3,4)29/h5-7,12-16,18,24H,8-11H2,1-4H3,(H,31,34). The number of carbonyl (C=O) groups excluding carboxylic acids is 1. The topological polar surface area (TPSA) is 59.8 Å². The monoisotopic (exact) mass is 472 g/mol. The van der Waals surface area contributed by atoms with Crippen LogP contribution in [-0.4, -0.2) is 20.7 Å². The van der Waals surface area contributed by atoms with Crippen molar-refractivity contribution in [1.29, 1.82) is 0 Å². The third-order valence-corrected chi connectivity index (χ3v) is 6.83. The van der Waals surface area contributed by atoms with Gasteiger partial charge in [-0.3, -0.25) is 9.48 Å². The number of alkyl halides is 3. The van der Waals surface area contributed by atoms with Crippen molar-refractivity contribution in [3.8, 4) is 0 Å². The minimum absolute atomic E-state index is 0.00211. The van der Waals surface area contributed by atoms with Crippen LogP contribution in [0.15, 0.2) is 36.5 Å². The number of hydrogen-bond acceptors (Lipinski definition) is 3. The third kappa shape index (κ3) is 5.10. The molecule has 0 radical (unpaired) electrons. The number of amides is 1. The zero-order valence-electron chi connectivity index (χ0n) is 20.0. The average Bonchev–Trinajstić information content (AvgIpc) is 3.21. The fraction of sp³-hybridized carbons (Fsp3) is 0.500. The van der Waals surface area contributed by atoms with Crippen molar-refractivity contribution >= 4 is 22.5 Å². The number of hydrogen-bond donors (Lipinski definition) is 1. The second-order valence-corrected chi connectivity index (χ2v) is 10.1. The van der Waals surface area contributed by atoms with Crippen molar-refractivity contribution < 1.29 is 18.0 Å². The Kier molecular flexibility index (Phi) is 6.69. The van der Waals surface area contributed by atoms with E-state index in [1.165, 1.54) is 44.2 Å². The highest BCUT2D eigenvalue weighted by molar-refractivity contribution is 6.04. The molecule has 1 N–H and O–H groups in total. The predicted octanol–water partition coefficient (Wildman–Crippen LogP) is 7.21. The summed E-state index contributed by atoms with van der Waals surface area (Å²) in [6.45, 7) is 7.18. The Labute approximate surface area is 197 Å². The van der Waals surface area contributed by atoms with Crippen LogP contribution < -0.4 is 5.32 Å². The first-order valence-corrected chi connectivity index (χ1v) is 11.8. The maximum Gasteiger partial charge on any atom is 0.274 e. The summed E-state index contributed by atoms with van der Waals surface area (Å²) >= 11 is 0. The number of halogens is 3. The number of anilines is 1. The van der Waals surface area contributed by atoms with Gasteiger partial charge in [-0.2, -0.15) is 5.10 Å². The molecule has 1 aliphatic carbocycles. The fourth-order valence-electron chi connectivity index (χ4n) is 4.69. The molecular formula is C26H31F3N4O. The van der Waals surface area contributed by atoms with E-state index in [1.54, 1.807) is 0 Å². The molecule has 1 amide bonds. The normalized spacial score (nSPS) is 19.2. The van der Waals surface area contributed by atoms with E-state index in [9.17, 15) is 18.0 Å². The summed E-state index contributed by atoms with van der Waals surface area (Å²) < 4.78 is 43.9. The summed E-state index contributed by atoms with van der Waals surface area (Å²) in [5.41, 5.74) is -1.51. The van der Waals surface area contributed by atoms with Crippen LogP contribution in [0.25, 0.3) is 10.9 Å². The highest BCUT2D eigenvalue weighted by Gasteiger charge is 2.26. The van der Waals surface area contributed by atoms with Gasteiger partial charge in [-0.05, 0) is 75.6 Å². The second-order valence-electron chi connectivity index (χ2n) is 10.1. The Hall–Kier alpha value is -2.90. The number of benzene rings is 1. The molecule has 0 spiro atoms. The molecular weight excluding hydrogens is 441 g/mol. The molecule has 8 heteroatoms. The van der Waals surface area contributed by atoms with E-state index in [2.05, 4.69) is 29.2 Å². The lowest BCUT2D eigenvalue weighted by Gasteiger charge is -2.30. The van der Waals surface area contributed by atoms with Crippen molar-refractivity contribution in [2.24, 2.45) is 11.8 Å². The summed E-state index contributed by atoms with van der Waals surface area (Å²) in [6.07, 6.45) is 3.35. The number of fused-ring (bicyclic) bond motifs is 1. The molecule has 3 aromatic rings. The van der Waals surface area contributed by atoms with Crippen molar-refractivity contribution in [2.45, 2.75) is 71.5 Å². The van der Waals surface area contributed by atoms with Gasteiger partial charge in [-0.25, -0.2) is 18.2 Å².